The maximum atomic E-state index is 6.32. The van der Waals surface area contributed by atoms with E-state index in [0.717, 1.165) is 26.1 Å². The number of unbranched alkanes of at least 4 members (excludes halogenated alkanes) is 1. The van der Waals surface area contributed by atoms with Gasteiger partial charge in [0, 0.05) is 18.6 Å². The minimum atomic E-state index is 0.365. The van der Waals surface area contributed by atoms with Crippen LogP contribution in [0.1, 0.15) is 51.9 Å². The predicted octanol–water partition coefficient (Wildman–Crippen LogP) is 4.02. The molecule has 4 heteroatoms. The van der Waals surface area contributed by atoms with Gasteiger partial charge in [-0.15, -0.1) is 11.6 Å². The van der Waals surface area contributed by atoms with Crippen LogP contribution >= 0.6 is 11.6 Å². The fraction of sp³-hybridized carbons (Fsp3) is 1.00. The van der Waals surface area contributed by atoms with Gasteiger partial charge < -0.3 is 14.2 Å². The van der Waals surface area contributed by atoms with Crippen LogP contribution in [-0.4, -0.2) is 45.0 Å². The summed E-state index contributed by atoms with van der Waals surface area (Å²) >= 11 is 6.32. The second-order valence-corrected chi connectivity index (χ2v) is 6.10. The minimum absolute atomic E-state index is 0.365. The summed E-state index contributed by atoms with van der Waals surface area (Å²) in [6.45, 7) is 6.51. The van der Waals surface area contributed by atoms with Crippen molar-refractivity contribution >= 4 is 11.6 Å². The van der Waals surface area contributed by atoms with Crippen molar-refractivity contribution in [1.82, 2.24) is 0 Å². The minimum Gasteiger partial charge on any atom is -0.379 e. The highest BCUT2D eigenvalue weighted by molar-refractivity contribution is 6.20. The first-order chi connectivity index (χ1) is 9.84. The predicted molar refractivity (Wildman–Crippen MR) is 83.6 cm³/mol. The van der Waals surface area contributed by atoms with E-state index in [-0.39, 0.29) is 0 Å². The first-order valence-electron chi connectivity index (χ1n) is 8.22. The van der Waals surface area contributed by atoms with E-state index in [4.69, 9.17) is 25.8 Å². The van der Waals surface area contributed by atoms with Gasteiger partial charge in [0.2, 0.25) is 0 Å². The second kappa shape index (κ2) is 12.9. The lowest BCUT2D eigenvalue weighted by Gasteiger charge is -2.26. The van der Waals surface area contributed by atoms with Crippen LogP contribution in [0.5, 0.6) is 0 Å². The zero-order valence-electron chi connectivity index (χ0n) is 12.9. The highest BCUT2D eigenvalue weighted by Crippen LogP contribution is 2.30. The number of rotatable bonds is 12. The van der Waals surface area contributed by atoms with Crippen molar-refractivity contribution < 1.29 is 14.2 Å². The Morgan fingerprint density at radius 1 is 0.850 bits per heavy atom. The molecule has 1 aliphatic carbocycles. The summed E-state index contributed by atoms with van der Waals surface area (Å²) in [5.74, 6) is 0.651. The van der Waals surface area contributed by atoms with Gasteiger partial charge in [0.05, 0.1) is 26.4 Å². The third-order valence-corrected chi connectivity index (χ3v) is 4.41. The van der Waals surface area contributed by atoms with Crippen LogP contribution in [0, 0.1) is 5.92 Å². The molecule has 0 bridgehead atoms. The first kappa shape index (κ1) is 18.2. The van der Waals surface area contributed by atoms with Gasteiger partial charge in [-0.05, 0) is 31.6 Å². The first-order valence-corrected chi connectivity index (χ1v) is 8.65. The highest BCUT2D eigenvalue weighted by atomic mass is 35.5. The fourth-order valence-electron chi connectivity index (χ4n) is 2.51. The van der Waals surface area contributed by atoms with Gasteiger partial charge in [0.15, 0.2) is 0 Å². The van der Waals surface area contributed by atoms with Gasteiger partial charge in [-0.1, -0.05) is 26.2 Å². The lowest BCUT2D eigenvalue weighted by molar-refractivity contribution is 0.0112. The number of ether oxygens (including phenoxy) is 3. The molecule has 0 aromatic carbocycles. The van der Waals surface area contributed by atoms with Gasteiger partial charge in [-0.25, -0.2) is 0 Å². The summed E-state index contributed by atoms with van der Waals surface area (Å²) in [5, 5.41) is 0.365. The molecule has 1 aliphatic rings. The smallest absolute Gasteiger partial charge is 0.0701 e. The molecule has 0 heterocycles. The number of hydrogen-bond acceptors (Lipinski definition) is 3. The van der Waals surface area contributed by atoms with E-state index in [9.17, 15) is 0 Å². The summed E-state index contributed by atoms with van der Waals surface area (Å²) in [5.41, 5.74) is 0. The van der Waals surface area contributed by atoms with Gasteiger partial charge in [0.25, 0.3) is 0 Å². The maximum absolute atomic E-state index is 6.32. The largest absolute Gasteiger partial charge is 0.379 e. The summed E-state index contributed by atoms with van der Waals surface area (Å²) in [4.78, 5) is 0. The van der Waals surface area contributed by atoms with Crippen molar-refractivity contribution in [3.8, 4) is 0 Å². The summed E-state index contributed by atoms with van der Waals surface area (Å²) in [6.07, 6.45) is 8.46. The van der Waals surface area contributed by atoms with Crippen molar-refractivity contribution in [2.75, 3.05) is 39.6 Å². The average Bonchev–Trinajstić information content (AvgIpc) is 2.46. The van der Waals surface area contributed by atoms with Crippen molar-refractivity contribution in [1.29, 1.82) is 0 Å². The highest BCUT2D eigenvalue weighted by Gasteiger charge is 2.22. The molecule has 0 spiro atoms. The lowest BCUT2D eigenvalue weighted by atomic mass is 9.87. The Labute approximate surface area is 129 Å². The van der Waals surface area contributed by atoms with Crippen molar-refractivity contribution in [2.24, 2.45) is 5.92 Å². The molecular weight excluding hydrogens is 276 g/mol. The molecule has 1 fully saturated rings. The standard InChI is InChI=1S/C16H31ClO3/c1-2-3-9-18-11-13-20-14-12-19-10-8-15-6-4-5-7-16(15)17/h15-16H,2-14H2,1H3. The number of halogens is 1. The van der Waals surface area contributed by atoms with Crippen LogP contribution in [0.15, 0.2) is 0 Å². The molecular formula is C16H31ClO3. The van der Waals surface area contributed by atoms with E-state index >= 15 is 0 Å². The topological polar surface area (TPSA) is 27.7 Å². The summed E-state index contributed by atoms with van der Waals surface area (Å²) < 4.78 is 16.5. The monoisotopic (exact) mass is 306 g/mol. The third-order valence-electron chi connectivity index (χ3n) is 3.84. The van der Waals surface area contributed by atoms with Crippen molar-refractivity contribution in [3.05, 3.63) is 0 Å². The number of alkyl halides is 1. The Hall–Kier alpha value is 0.170. The van der Waals surface area contributed by atoms with Crippen molar-refractivity contribution in [3.63, 3.8) is 0 Å². The van der Waals surface area contributed by atoms with Crippen LogP contribution in [0.4, 0.5) is 0 Å². The van der Waals surface area contributed by atoms with Crippen LogP contribution in [0.3, 0.4) is 0 Å². The van der Waals surface area contributed by atoms with E-state index in [0.29, 0.717) is 37.7 Å². The molecule has 0 amide bonds. The Balaban J connectivity index is 1.78. The Morgan fingerprint density at radius 2 is 1.45 bits per heavy atom. The van der Waals surface area contributed by atoms with Crippen LogP contribution in [0.2, 0.25) is 0 Å². The Bertz CT molecular complexity index is 214. The van der Waals surface area contributed by atoms with Crippen molar-refractivity contribution in [2.45, 2.75) is 57.2 Å². The quantitative estimate of drug-likeness (QED) is 0.402. The molecule has 0 aromatic heterocycles. The van der Waals surface area contributed by atoms with E-state index in [1.165, 1.54) is 32.1 Å². The molecule has 3 nitrogen and oxygen atoms in total. The molecule has 2 unspecified atom stereocenters. The zero-order valence-corrected chi connectivity index (χ0v) is 13.7. The van der Waals surface area contributed by atoms with E-state index in [1.54, 1.807) is 0 Å². The van der Waals surface area contributed by atoms with Gasteiger partial charge >= 0.3 is 0 Å². The zero-order chi connectivity index (χ0) is 14.5. The third kappa shape index (κ3) is 9.17. The summed E-state index contributed by atoms with van der Waals surface area (Å²) in [7, 11) is 0. The molecule has 0 aromatic rings. The van der Waals surface area contributed by atoms with Crippen LogP contribution < -0.4 is 0 Å². The molecule has 120 valence electrons. The van der Waals surface area contributed by atoms with Gasteiger partial charge in [-0.2, -0.15) is 0 Å². The molecule has 2 atom stereocenters. The normalized spacial score (nSPS) is 23.1. The second-order valence-electron chi connectivity index (χ2n) is 5.54. The Kier molecular flexibility index (Phi) is 11.7. The molecule has 0 N–H and O–H groups in total. The number of hydrogen-bond donors (Lipinski definition) is 0. The Morgan fingerprint density at radius 3 is 2.10 bits per heavy atom. The van der Waals surface area contributed by atoms with E-state index in [1.807, 2.05) is 0 Å². The molecule has 0 aliphatic heterocycles. The SMILES string of the molecule is CCCCOCCOCCOCCC1CCCCC1Cl. The van der Waals surface area contributed by atoms with Gasteiger partial charge in [0.1, 0.15) is 0 Å². The fourth-order valence-corrected chi connectivity index (χ4v) is 2.92. The molecule has 0 radical (unpaired) electrons. The molecule has 0 saturated heterocycles. The maximum Gasteiger partial charge on any atom is 0.0701 e. The average molecular weight is 307 g/mol. The van der Waals surface area contributed by atoms with Gasteiger partial charge in [-0.3, -0.25) is 0 Å². The molecule has 1 saturated carbocycles. The summed E-state index contributed by atoms with van der Waals surface area (Å²) in [6, 6.07) is 0. The molecule has 1 rings (SSSR count). The lowest BCUT2D eigenvalue weighted by Crippen LogP contribution is -2.21. The van der Waals surface area contributed by atoms with Crippen LogP contribution in [0.25, 0.3) is 0 Å². The van der Waals surface area contributed by atoms with Crippen LogP contribution in [-0.2, 0) is 14.2 Å². The molecule has 20 heavy (non-hydrogen) atoms. The van der Waals surface area contributed by atoms with E-state index < -0.39 is 0 Å². The van der Waals surface area contributed by atoms with E-state index in [2.05, 4.69) is 6.92 Å².